The minimum absolute atomic E-state index is 0.262. The van der Waals surface area contributed by atoms with Crippen molar-refractivity contribution in [3.05, 3.63) is 70.9 Å². The van der Waals surface area contributed by atoms with Crippen molar-refractivity contribution in [1.82, 2.24) is 25.3 Å². The summed E-state index contributed by atoms with van der Waals surface area (Å²) in [5.41, 5.74) is 3.17. The van der Waals surface area contributed by atoms with Crippen LogP contribution in [0, 0.1) is 12.7 Å². The summed E-state index contributed by atoms with van der Waals surface area (Å²) in [7, 11) is 0. The average Bonchev–Trinajstić information content (AvgIpc) is 3.23. The number of hydrogen-bond acceptors (Lipinski definition) is 8. The molecule has 5 heterocycles. The van der Waals surface area contributed by atoms with Gasteiger partial charge in [0.05, 0.1) is 34.2 Å². The van der Waals surface area contributed by atoms with Gasteiger partial charge >= 0.3 is 0 Å². The number of oxazole rings is 1. The molecule has 176 valence electrons. The molecule has 0 spiro atoms. The fourth-order valence-corrected chi connectivity index (χ4v) is 4.40. The van der Waals surface area contributed by atoms with Crippen molar-refractivity contribution < 1.29 is 8.81 Å². The fraction of sp³-hybridized carbons (Fsp3) is 0.200. The Morgan fingerprint density at radius 1 is 1.09 bits per heavy atom. The summed E-state index contributed by atoms with van der Waals surface area (Å²) < 4.78 is 20.5. The number of anilines is 3. The number of benzene rings is 1. The predicted octanol–water partition coefficient (Wildman–Crippen LogP) is 3.73. The maximum Gasteiger partial charge on any atom is 0.259 e. The molecule has 3 N–H and O–H groups in total. The quantitative estimate of drug-likeness (QED) is 0.364. The highest BCUT2D eigenvalue weighted by Gasteiger charge is 2.17. The standard InChI is InChI=1S/C25H22FN7O2/c1-14-30-20-10-16(17(26)11-22(20)35-14)19-12-21(24-18(31-19)4-5-28-25(24)34)32-23-3-2-15(13-29-23)33-8-6-27-7-9-33/h2-5,10-13,27H,6-9H2,1H3,(H,28,34)(H,29,31,32). The number of H-pyrrole nitrogens is 1. The molecular weight excluding hydrogens is 449 g/mol. The molecule has 6 rings (SSSR count). The van der Waals surface area contributed by atoms with Crippen molar-refractivity contribution >= 4 is 39.2 Å². The summed E-state index contributed by atoms with van der Waals surface area (Å²) >= 11 is 0. The van der Waals surface area contributed by atoms with Crippen LogP contribution in [0.15, 0.2) is 58.0 Å². The molecule has 5 aromatic rings. The summed E-state index contributed by atoms with van der Waals surface area (Å²) in [5, 5.41) is 6.93. The zero-order valence-corrected chi connectivity index (χ0v) is 18.9. The molecule has 1 fully saturated rings. The van der Waals surface area contributed by atoms with Crippen molar-refractivity contribution in [2.75, 3.05) is 36.4 Å². The van der Waals surface area contributed by atoms with Gasteiger partial charge in [-0.2, -0.15) is 0 Å². The highest BCUT2D eigenvalue weighted by atomic mass is 19.1. The van der Waals surface area contributed by atoms with Crippen LogP contribution in [0.25, 0.3) is 33.3 Å². The van der Waals surface area contributed by atoms with Crippen LogP contribution in [0.3, 0.4) is 0 Å². The smallest absolute Gasteiger partial charge is 0.259 e. The molecule has 1 aliphatic rings. The van der Waals surface area contributed by atoms with E-state index in [9.17, 15) is 4.79 Å². The highest BCUT2D eigenvalue weighted by Crippen LogP contribution is 2.32. The van der Waals surface area contributed by atoms with Gasteiger partial charge in [-0.05, 0) is 30.3 Å². The summed E-state index contributed by atoms with van der Waals surface area (Å²) in [6.45, 7) is 5.42. The molecule has 0 amide bonds. The van der Waals surface area contributed by atoms with Crippen LogP contribution in [0.2, 0.25) is 0 Å². The Kier molecular flexibility index (Phi) is 5.14. The lowest BCUT2D eigenvalue weighted by molar-refractivity contribution is 0.556. The van der Waals surface area contributed by atoms with Gasteiger partial charge in [0.2, 0.25) is 0 Å². The third-order valence-corrected chi connectivity index (χ3v) is 6.08. The van der Waals surface area contributed by atoms with Gasteiger partial charge in [-0.15, -0.1) is 0 Å². The normalized spacial score (nSPS) is 14.1. The largest absolute Gasteiger partial charge is 0.441 e. The number of aromatic amines is 1. The van der Waals surface area contributed by atoms with Crippen molar-refractivity contribution in [3.63, 3.8) is 0 Å². The second kappa shape index (κ2) is 8.48. The predicted molar refractivity (Wildman–Crippen MR) is 133 cm³/mol. The van der Waals surface area contributed by atoms with E-state index in [1.54, 1.807) is 25.1 Å². The number of piperazine rings is 1. The van der Waals surface area contributed by atoms with E-state index in [0.717, 1.165) is 31.9 Å². The van der Waals surface area contributed by atoms with Gasteiger partial charge in [-0.3, -0.25) is 4.79 Å². The van der Waals surface area contributed by atoms with E-state index in [0.29, 0.717) is 45.1 Å². The van der Waals surface area contributed by atoms with Gasteiger partial charge < -0.3 is 24.9 Å². The summed E-state index contributed by atoms with van der Waals surface area (Å²) in [6, 6.07) is 10.1. The number of halogens is 1. The van der Waals surface area contributed by atoms with Crippen molar-refractivity contribution in [3.8, 4) is 11.3 Å². The molecular formula is C25H22FN7O2. The number of aromatic nitrogens is 4. The molecule has 4 aromatic heterocycles. The number of fused-ring (bicyclic) bond motifs is 2. The molecule has 1 saturated heterocycles. The second-order valence-electron chi connectivity index (χ2n) is 8.42. The van der Waals surface area contributed by atoms with Gasteiger partial charge in [-0.1, -0.05) is 0 Å². The van der Waals surface area contributed by atoms with E-state index in [-0.39, 0.29) is 11.1 Å². The first-order valence-electron chi connectivity index (χ1n) is 11.3. The van der Waals surface area contributed by atoms with E-state index in [4.69, 9.17) is 4.42 Å². The van der Waals surface area contributed by atoms with Gasteiger partial charge in [0, 0.05) is 50.9 Å². The Morgan fingerprint density at radius 2 is 1.94 bits per heavy atom. The Balaban J connectivity index is 1.42. The van der Waals surface area contributed by atoms with E-state index in [1.165, 1.54) is 12.3 Å². The zero-order valence-electron chi connectivity index (χ0n) is 18.9. The number of hydrogen-bond donors (Lipinski definition) is 3. The first-order valence-corrected chi connectivity index (χ1v) is 11.3. The van der Waals surface area contributed by atoms with Crippen molar-refractivity contribution in [2.45, 2.75) is 6.92 Å². The van der Waals surface area contributed by atoms with Crippen LogP contribution in [0.5, 0.6) is 0 Å². The SMILES string of the molecule is Cc1nc2cc(-c3cc(Nc4ccc(N5CCNCC5)cn4)c4c(=O)[nH]ccc4n3)c(F)cc2o1. The van der Waals surface area contributed by atoms with Crippen LogP contribution in [0.1, 0.15) is 5.89 Å². The van der Waals surface area contributed by atoms with Gasteiger partial charge in [0.25, 0.3) is 5.56 Å². The molecule has 10 heteroatoms. The Hall–Kier alpha value is -4.31. The molecule has 0 aliphatic carbocycles. The lowest BCUT2D eigenvalue weighted by atomic mass is 10.1. The van der Waals surface area contributed by atoms with Gasteiger partial charge in [0.1, 0.15) is 17.2 Å². The Labute approximate surface area is 199 Å². The lowest BCUT2D eigenvalue weighted by Crippen LogP contribution is -2.43. The molecule has 9 nitrogen and oxygen atoms in total. The Morgan fingerprint density at radius 3 is 2.74 bits per heavy atom. The third-order valence-electron chi connectivity index (χ3n) is 6.08. The lowest BCUT2D eigenvalue weighted by Gasteiger charge is -2.29. The highest BCUT2D eigenvalue weighted by molar-refractivity contribution is 5.95. The third kappa shape index (κ3) is 3.97. The van der Waals surface area contributed by atoms with E-state index in [1.807, 2.05) is 18.3 Å². The number of rotatable bonds is 4. The van der Waals surface area contributed by atoms with Crippen molar-refractivity contribution in [1.29, 1.82) is 0 Å². The number of nitrogens with one attached hydrogen (secondary N) is 3. The van der Waals surface area contributed by atoms with Gasteiger partial charge in [0.15, 0.2) is 11.5 Å². The monoisotopic (exact) mass is 471 g/mol. The zero-order chi connectivity index (χ0) is 23.9. The molecule has 0 saturated carbocycles. The molecule has 35 heavy (non-hydrogen) atoms. The summed E-state index contributed by atoms with van der Waals surface area (Å²) in [4.78, 5) is 31.0. The number of nitrogens with zero attached hydrogens (tertiary/aromatic N) is 4. The number of pyridine rings is 3. The minimum Gasteiger partial charge on any atom is -0.441 e. The maximum atomic E-state index is 15.0. The summed E-state index contributed by atoms with van der Waals surface area (Å²) in [6.07, 6.45) is 3.33. The molecule has 0 radical (unpaired) electrons. The van der Waals surface area contributed by atoms with E-state index in [2.05, 4.69) is 35.5 Å². The average molecular weight is 471 g/mol. The maximum absolute atomic E-state index is 15.0. The fourth-order valence-electron chi connectivity index (χ4n) is 4.40. The molecule has 0 bridgehead atoms. The topological polar surface area (TPSA) is 112 Å². The first kappa shape index (κ1) is 21.2. The molecule has 1 aliphatic heterocycles. The second-order valence-corrected chi connectivity index (χ2v) is 8.42. The van der Waals surface area contributed by atoms with Gasteiger partial charge in [-0.25, -0.2) is 19.3 Å². The van der Waals surface area contributed by atoms with Crippen LogP contribution in [-0.2, 0) is 0 Å². The van der Waals surface area contributed by atoms with Crippen molar-refractivity contribution in [2.24, 2.45) is 0 Å². The number of aryl methyl sites for hydroxylation is 1. The minimum atomic E-state index is -0.491. The van der Waals surface area contributed by atoms with Crippen LogP contribution >= 0.6 is 0 Å². The van der Waals surface area contributed by atoms with E-state index >= 15 is 4.39 Å². The molecule has 0 unspecified atom stereocenters. The first-order chi connectivity index (χ1) is 17.0. The molecule has 1 aromatic carbocycles. The van der Waals surface area contributed by atoms with E-state index < -0.39 is 5.82 Å². The van der Waals surface area contributed by atoms with Crippen LogP contribution < -0.4 is 21.1 Å². The van der Waals surface area contributed by atoms with Crippen LogP contribution in [-0.4, -0.2) is 46.1 Å². The molecule has 0 atom stereocenters. The summed E-state index contributed by atoms with van der Waals surface area (Å²) in [5.74, 6) is 0.524. The Bertz CT molecular complexity index is 1600. The van der Waals surface area contributed by atoms with Crippen LogP contribution in [0.4, 0.5) is 21.6 Å².